The van der Waals surface area contributed by atoms with Crippen molar-refractivity contribution in [2.45, 2.75) is 5.03 Å². The molecule has 1 aromatic heterocycles. The number of benzene rings is 1. The molecule has 1 aromatic carbocycles. The lowest BCUT2D eigenvalue weighted by atomic mass is 10.2. The molecule has 0 aliphatic heterocycles. The maximum Gasteiger partial charge on any atom is 0.319 e. The number of nitrogens with zero attached hydrogens (tertiary/aromatic N) is 1. The number of amides is 2. The van der Waals surface area contributed by atoms with E-state index in [4.69, 9.17) is 5.73 Å². The molecule has 18 heavy (non-hydrogen) atoms. The van der Waals surface area contributed by atoms with Gasteiger partial charge in [0.1, 0.15) is 5.03 Å². The van der Waals surface area contributed by atoms with Crippen molar-refractivity contribution in [2.24, 2.45) is 5.73 Å². The highest BCUT2D eigenvalue weighted by molar-refractivity contribution is 8.76. The minimum atomic E-state index is -1.01. The van der Waals surface area contributed by atoms with Gasteiger partial charge in [0, 0.05) is 16.4 Å². The third-order valence-corrected chi connectivity index (χ3v) is 3.82. The molecule has 0 atom stereocenters. The van der Waals surface area contributed by atoms with E-state index in [0.29, 0.717) is 0 Å². The average molecular weight is 279 g/mol. The van der Waals surface area contributed by atoms with Crippen LogP contribution in [0, 0.1) is 0 Å². The first kappa shape index (κ1) is 12.7. The number of pyridine rings is 1. The quantitative estimate of drug-likeness (QED) is 0.505. The number of rotatable bonds is 3. The molecule has 0 bridgehead atoms. The largest absolute Gasteiger partial charge is 0.361 e. The second-order valence-corrected chi connectivity index (χ2v) is 5.26. The minimum Gasteiger partial charge on any atom is -0.361 e. The van der Waals surface area contributed by atoms with Crippen LogP contribution in [0.25, 0.3) is 10.9 Å². The molecule has 0 spiro atoms. The van der Waals surface area contributed by atoms with E-state index in [-0.39, 0.29) is 0 Å². The highest BCUT2D eigenvalue weighted by Gasteiger charge is 2.08. The second kappa shape index (κ2) is 5.74. The van der Waals surface area contributed by atoms with Crippen LogP contribution in [0.2, 0.25) is 0 Å². The first-order valence-electron chi connectivity index (χ1n) is 4.96. The molecule has 3 N–H and O–H groups in total. The molecule has 0 aliphatic carbocycles. The van der Waals surface area contributed by atoms with Crippen LogP contribution in [-0.2, 0) is 9.59 Å². The van der Waals surface area contributed by atoms with Crippen molar-refractivity contribution in [2.75, 3.05) is 0 Å². The van der Waals surface area contributed by atoms with Crippen molar-refractivity contribution >= 4 is 44.5 Å². The summed E-state index contributed by atoms with van der Waals surface area (Å²) in [5, 5.41) is 1.79. The number of fused-ring (bicyclic) bond motifs is 1. The number of aromatic nitrogens is 1. The number of carbonyl (C=O) groups is 2. The highest BCUT2D eigenvalue weighted by Crippen LogP contribution is 2.28. The van der Waals surface area contributed by atoms with Crippen LogP contribution in [0.3, 0.4) is 0 Å². The molecule has 0 unspecified atom stereocenters. The standard InChI is InChI=1S/C11H9N3O2S2/c12-10(15)11(16)14-18-17-9-6-5-7-3-1-2-4-8(7)13-9/h1-6H,(H2,12,15)(H,14,16). The van der Waals surface area contributed by atoms with E-state index in [1.807, 2.05) is 36.4 Å². The third kappa shape index (κ3) is 3.14. The van der Waals surface area contributed by atoms with Crippen LogP contribution in [0.1, 0.15) is 0 Å². The SMILES string of the molecule is NC(=O)C(=O)NSSc1ccc2ccccc2n1. The van der Waals surface area contributed by atoms with Gasteiger partial charge >= 0.3 is 11.8 Å². The highest BCUT2D eigenvalue weighted by atomic mass is 33.1. The smallest absolute Gasteiger partial charge is 0.319 e. The number of para-hydroxylation sites is 1. The molecule has 7 heteroatoms. The first-order chi connectivity index (χ1) is 8.66. The van der Waals surface area contributed by atoms with E-state index < -0.39 is 11.8 Å². The Balaban J connectivity index is 2.00. The van der Waals surface area contributed by atoms with Crippen LogP contribution in [-0.4, -0.2) is 16.8 Å². The molecular formula is C11H9N3O2S2. The van der Waals surface area contributed by atoms with Gasteiger partial charge in [0.25, 0.3) is 0 Å². The van der Waals surface area contributed by atoms with E-state index >= 15 is 0 Å². The summed E-state index contributed by atoms with van der Waals surface area (Å²) in [5.41, 5.74) is 5.68. The first-order valence-corrected chi connectivity index (χ1v) is 7.11. The van der Waals surface area contributed by atoms with Gasteiger partial charge < -0.3 is 5.73 Å². The molecule has 0 saturated heterocycles. The summed E-state index contributed by atoms with van der Waals surface area (Å²) in [5.74, 6) is -1.83. The molecule has 5 nitrogen and oxygen atoms in total. The van der Waals surface area contributed by atoms with Gasteiger partial charge in [-0.05, 0) is 22.9 Å². The predicted octanol–water partition coefficient (Wildman–Crippen LogP) is 1.49. The van der Waals surface area contributed by atoms with Gasteiger partial charge in [-0.3, -0.25) is 14.3 Å². The number of nitrogens with two attached hydrogens (primary N) is 1. The molecule has 0 radical (unpaired) electrons. The molecule has 0 saturated carbocycles. The maximum atomic E-state index is 10.9. The summed E-state index contributed by atoms with van der Waals surface area (Å²) in [7, 11) is 2.25. The lowest BCUT2D eigenvalue weighted by Crippen LogP contribution is -2.31. The number of hydrogen-bond acceptors (Lipinski definition) is 5. The Morgan fingerprint density at radius 1 is 1.17 bits per heavy atom. The lowest BCUT2D eigenvalue weighted by Gasteiger charge is -2.02. The number of carbonyl (C=O) groups excluding carboxylic acids is 2. The summed E-state index contributed by atoms with van der Waals surface area (Å²) in [4.78, 5) is 25.8. The predicted molar refractivity (Wildman–Crippen MR) is 72.5 cm³/mol. The molecule has 1 heterocycles. The Kier molecular flexibility index (Phi) is 4.06. The van der Waals surface area contributed by atoms with Gasteiger partial charge in [0.05, 0.1) is 5.52 Å². The summed E-state index contributed by atoms with van der Waals surface area (Å²) in [6.07, 6.45) is 0. The summed E-state index contributed by atoms with van der Waals surface area (Å²) < 4.78 is 2.30. The van der Waals surface area contributed by atoms with Crippen molar-refractivity contribution in [3.8, 4) is 0 Å². The molecule has 2 aromatic rings. The van der Waals surface area contributed by atoms with Gasteiger partial charge in [-0.2, -0.15) is 0 Å². The van der Waals surface area contributed by atoms with Crippen molar-refractivity contribution < 1.29 is 9.59 Å². The van der Waals surface area contributed by atoms with Crippen LogP contribution in [0.5, 0.6) is 0 Å². The van der Waals surface area contributed by atoms with Gasteiger partial charge in [0.15, 0.2) is 0 Å². The van der Waals surface area contributed by atoms with Crippen molar-refractivity contribution in [3.63, 3.8) is 0 Å². The molecule has 2 rings (SSSR count). The monoisotopic (exact) mass is 279 g/mol. The van der Waals surface area contributed by atoms with Gasteiger partial charge in [-0.15, -0.1) is 0 Å². The minimum absolute atomic E-state index is 0.739. The van der Waals surface area contributed by atoms with Gasteiger partial charge in [-0.1, -0.05) is 24.3 Å². The van der Waals surface area contributed by atoms with Crippen molar-refractivity contribution in [1.82, 2.24) is 9.71 Å². The number of primary amides is 1. The van der Waals surface area contributed by atoms with E-state index in [9.17, 15) is 9.59 Å². The van der Waals surface area contributed by atoms with Crippen molar-refractivity contribution in [3.05, 3.63) is 36.4 Å². The summed E-state index contributed by atoms with van der Waals surface area (Å²) >= 11 is 0. The Morgan fingerprint density at radius 3 is 2.72 bits per heavy atom. The Labute approximate surface area is 111 Å². The number of nitrogens with one attached hydrogen (secondary N) is 1. The summed E-state index contributed by atoms with van der Waals surface area (Å²) in [6.45, 7) is 0. The molecular weight excluding hydrogens is 270 g/mol. The number of hydrogen-bond donors (Lipinski definition) is 2. The fourth-order valence-electron chi connectivity index (χ4n) is 1.25. The van der Waals surface area contributed by atoms with Gasteiger partial charge in [-0.25, -0.2) is 4.98 Å². The molecule has 0 aliphatic rings. The fraction of sp³-hybridized carbons (Fsp3) is 0. The normalized spacial score (nSPS) is 10.2. The van der Waals surface area contributed by atoms with Crippen LogP contribution < -0.4 is 10.5 Å². The van der Waals surface area contributed by atoms with E-state index in [1.165, 1.54) is 10.8 Å². The fourth-order valence-corrected chi connectivity index (χ4v) is 2.69. The molecule has 0 fully saturated rings. The second-order valence-electron chi connectivity index (χ2n) is 3.30. The summed E-state index contributed by atoms with van der Waals surface area (Å²) in [6, 6.07) is 11.5. The zero-order valence-electron chi connectivity index (χ0n) is 9.12. The zero-order chi connectivity index (χ0) is 13.0. The lowest BCUT2D eigenvalue weighted by molar-refractivity contribution is -0.136. The van der Waals surface area contributed by atoms with E-state index in [1.54, 1.807) is 0 Å². The Bertz CT molecular complexity index is 604. The Morgan fingerprint density at radius 2 is 1.94 bits per heavy atom. The van der Waals surface area contributed by atoms with E-state index in [0.717, 1.165) is 26.9 Å². The average Bonchev–Trinajstić information content (AvgIpc) is 2.38. The Hall–Kier alpha value is -1.73. The van der Waals surface area contributed by atoms with Crippen molar-refractivity contribution in [1.29, 1.82) is 0 Å². The molecule has 2 amide bonds. The zero-order valence-corrected chi connectivity index (χ0v) is 10.8. The third-order valence-electron chi connectivity index (χ3n) is 2.06. The topological polar surface area (TPSA) is 85.1 Å². The van der Waals surface area contributed by atoms with Crippen LogP contribution >= 0.6 is 21.8 Å². The van der Waals surface area contributed by atoms with Gasteiger partial charge in [0.2, 0.25) is 0 Å². The van der Waals surface area contributed by atoms with E-state index in [2.05, 4.69) is 9.71 Å². The maximum absolute atomic E-state index is 10.9. The van der Waals surface area contributed by atoms with Crippen LogP contribution in [0.15, 0.2) is 41.4 Å². The molecule has 92 valence electrons. The van der Waals surface area contributed by atoms with Crippen LogP contribution in [0.4, 0.5) is 0 Å².